The van der Waals surface area contributed by atoms with E-state index in [9.17, 15) is 9.59 Å². The number of hydrogen-bond acceptors (Lipinski definition) is 3. The van der Waals surface area contributed by atoms with Crippen LogP contribution in [0.4, 0.5) is 0 Å². The summed E-state index contributed by atoms with van der Waals surface area (Å²) in [6.45, 7) is 8.46. The van der Waals surface area contributed by atoms with Gasteiger partial charge in [0.15, 0.2) is 0 Å². The molecule has 72 valence electrons. The summed E-state index contributed by atoms with van der Waals surface area (Å²) >= 11 is 0. The average molecular weight is 182 g/mol. The zero-order chi connectivity index (χ0) is 10.4. The maximum atomic E-state index is 11.1. The normalized spacial score (nSPS) is 11.5. The Morgan fingerprint density at radius 1 is 1.38 bits per heavy atom. The highest BCUT2D eigenvalue weighted by atomic mass is 16.2. The molecule has 0 saturated carbocycles. The minimum atomic E-state index is -0.456. The van der Waals surface area contributed by atoms with Gasteiger partial charge in [-0.3, -0.25) is 14.5 Å². The van der Waals surface area contributed by atoms with Crippen LogP contribution in [0.1, 0.15) is 6.92 Å². The fourth-order valence-corrected chi connectivity index (χ4v) is 0.797. The Bertz CT molecular complexity index is 214. The third-order valence-corrected chi connectivity index (χ3v) is 1.35. The standard InChI is InChI=1S/C9H14N2O2/c1-4-8(12)11(6-7(3)10)9(13)5-2/h4-5,7H,1-2,6,10H2,3H3. The summed E-state index contributed by atoms with van der Waals surface area (Å²) in [4.78, 5) is 23.3. The first-order chi connectivity index (χ1) is 6.02. The summed E-state index contributed by atoms with van der Waals surface area (Å²) < 4.78 is 0. The second-order valence-electron chi connectivity index (χ2n) is 2.67. The van der Waals surface area contributed by atoms with Gasteiger partial charge in [-0.1, -0.05) is 13.2 Å². The van der Waals surface area contributed by atoms with Crippen LogP contribution in [0, 0.1) is 0 Å². The van der Waals surface area contributed by atoms with Crippen molar-refractivity contribution in [2.45, 2.75) is 13.0 Å². The number of imide groups is 1. The minimum Gasteiger partial charge on any atom is -0.326 e. The van der Waals surface area contributed by atoms with E-state index in [0.29, 0.717) is 0 Å². The van der Waals surface area contributed by atoms with Crippen LogP contribution in [0.15, 0.2) is 25.3 Å². The molecular weight excluding hydrogens is 168 g/mol. The Balaban J connectivity index is 4.53. The Kier molecular flexibility index (Phi) is 4.69. The largest absolute Gasteiger partial charge is 0.326 e. The lowest BCUT2D eigenvalue weighted by Crippen LogP contribution is -2.42. The van der Waals surface area contributed by atoms with E-state index in [1.165, 1.54) is 0 Å². The maximum absolute atomic E-state index is 11.1. The van der Waals surface area contributed by atoms with Gasteiger partial charge in [0.2, 0.25) is 0 Å². The molecule has 2 amide bonds. The lowest BCUT2D eigenvalue weighted by atomic mass is 10.3. The summed E-state index contributed by atoms with van der Waals surface area (Å²) in [6.07, 6.45) is 2.15. The second kappa shape index (κ2) is 5.27. The Morgan fingerprint density at radius 2 is 1.77 bits per heavy atom. The lowest BCUT2D eigenvalue weighted by molar-refractivity contribution is -0.138. The number of carbonyl (C=O) groups is 2. The van der Waals surface area contributed by atoms with E-state index in [-0.39, 0.29) is 12.6 Å². The zero-order valence-electron chi connectivity index (χ0n) is 7.69. The maximum Gasteiger partial charge on any atom is 0.252 e. The fraction of sp³-hybridized carbons (Fsp3) is 0.333. The highest BCUT2D eigenvalue weighted by molar-refractivity contribution is 6.04. The molecule has 0 aliphatic heterocycles. The van der Waals surface area contributed by atoms with Crippen molar-refractivity contribution in [1.29, 1.82) is 0 Å². The van der Waals surface area contributed by atoms with Crippen molar-refractivity contribution in [2.75, 3.05) is 6.54 Å². The van der Waals surface area contributed by atoms with Crippen LogP contribution in [-0.4, -0.2) is 29.3 Å². The predicted molar refractivity (Wildman–Crippen MR) is 50.8 cm³/mol. The van der Waals surface area contributed by atoms with Crippen molar-refractivity contribution in [2.24, 2.45) is 5.73 Å². The van der Waals surface area contributed by atoms with Crippen LogP contribution in [0.5, 0.6) is 0 Å². The van der Waals surface area contributed by atoms with Crippen molar-refractivity contribution in [3.05, 3.63) is 25.3 Å². The molecule has 4 heteroatoms. The van der Waals surface area contributed by atoms with Crippen molar-refractivity contribution in [3.8, 4) is 0 Å². The highest BCUT2D eigenvalue weighted by Gasteiger charge is 2.17. The molecule has 0 radical (unpaired) electrons. The SMILES string of the molecule is C=CC(=O)N(CC(C)N)C(=O)C=C. The molecule has 0 aromatic carbocycles. The quantitative estimate of drug-likeness (QED) is 0.625. The van der Waals surface area contributed by atoms with Crippen LogP contribution < -0.4 is 5.73 Å². The summed E-state index contributed by atoms with van der Waals surface area (Å²) in [7, 11) is 0. The molecule has 0 aliphatic carbocycles. The molecule has 0 fully saturated rings. The first kappa shape index (κ1) is 11.6. The molecule has 1 unspecified atom stereocenters. The van der Waals surface area contributed by atoms with E-state index in [0.717, 1.165) is 17.1 Å². The van der Waals surface area contributed by atoms with E-state index in [1.807, 2.05) is 0 Å². The van der Waals surface area contributed by atoms with Crippen molar-refractivity contribution >= 4 is 11.8 Å². The zero-order valence-corrected chi connectivity index (χ0v) is 7.69. The number of amides is 2. The van der Waals surface area contributed by atoms with Crippen LogP contribution in [0.25, 0.3) is 0 Å². The summed E-state index contributed by atoms with van der Waals surface area (Å²) in [5.74, 6) is -0.913. The summed E-state index contributed by atoms with van der Waals surface area (Å²) in [5, 5.41) is 0. The summed E-state index contributed by atoms with van der Waals surface area (Å²) in [6, 6.07) is -0.257. The van der Waals surface area contributed by atoms with Crippen LogP contribution >= 0.6 is 0 Å². The van der Waals surface area contributed by atoms with E-state index < -0.39 is 11.8 Å². The monoisotopic (exact) mass is 182 g/mol. The Hall–Kier alpha value is -1.42. The van der Waals surface area contributed by atoms with Gasteiger partial charge in [-0.25, -0.2) is 0 Å². The van der Waals surface area contributed by atoms with Gasteiger partial charge in [-0.05, 0) is 19.1 Å². The first-order valence-electron chi connectivity index (χ1n) is 3.88. The second-order valence-corrected chi connectivity index (χ2v) is 2.67. The van der Waals surface area contributed by atoms with Gasteiger partial charge in [0, 0.05) is 12.6 Å². The van der Waals surface area contributed by atoms with Gasteiger partial charge in [0.1, 0.15) is 0 Å². The number of carbonyl (C=O) groups excluding carboxylic acids is 2. The molecule has 0 aromatic rings. The van der Waals surface area contributed by atoms with Gasteiger partial charge in [0.05, 0.1) is 0 Å². The highest BCUT2D eigenvalue weighted by Crippen LogP contribution is 1.95. The molecular formula is C9H14N2O2. The molecule has 0 spiro atoms. The van der Waals surface area contributed by atoms with Gasteiger partial charge >= 0.3 is 0 Å². The molecule has 0 bridgehead atoms. The van der Waals surface area contributed by atoms with Gasteiger partial charge in [0.25, 0.3) is 11.8 Å². The topological polar surface area (TPSA) is 63.4 Å². The molecule has 0 aromatic heterocycles. The Labute approximate surface area is 77.7 Å². The molecule has 0 saturated heterocycles. The number of nitrogens with zero attached hydrogens (tertiary/aromatic N) is 1. The van der Waals surface area contributed by atoms with E-state index in [1.54, 1.807) is 6.92 Å². The average Bonchev–Trinajstić information content (AvgIpc) is 2.11. The first-order valence-corrected chi connectivity index (χ1v) is 3.88. The smallest absolute Gasteiger partial charge is 0.252 e. The molecule has 1 atom stereocenters. The van der Waals surface area contributed by atoms with Gasteiger partial charge in [-0.2, -0.15) is 0 Å². The molecule has 13 heavy (non-hydrogen) atoms. The van der Waals surface area contributed by atoms with Crippen LogP contribution in [0.2, 0.25) is 0 Å². The molecule has 0 rings (SSSR count). The molecule has 2 N–H and O–H groups in total. The van der Waals surface area contributed by atoms with E-state index >= 15 is 0 Å². The van der Waals surface area contributed by atoms with Crippen molar-refractivity contribution in [1.82, 2.24) is 4.90 Å². The Morgan fingerprint density at radius 3 is 2.00 bits per heavy atom. The summed E-state index contributed by atoms with van der Waals surface area (Å²) in [5.41, 5.74) is 5.46. The molecule has 4 nitrogen and oxygen atoms in total. The third kappa shape index (κ3) is 3.66. The van der Waals surface area contributed by atoms with Crippen molar-refractivity contribution in [3.63, 3.8) is 0 Å². The number of nitrogens with two attached hydrogens (primary N) is 1. The molecule has 0 aliphatic rings. The van der Waals surface area contributed by atoms with E-state index in [2.05, 4.69) is 13.2 Å². The lowest BCUT2D eigenvalue weighted by Gasteiger charge is -2.19. The van der Waals surface area contributed by atoms with E-state index in [4.69, 9.17) is 5.73 Å². The van der Waals surface area contributed by atoms with Gasteiger partial charge < -0.3 is 5.73 Å². The fourth-order valence-electron chi connectivity index (χ4n) is 0.797. The van der Waals surface area contributed by atoms with Crippen molar-refractivity contribution < 1.29 is 9.59 Å². The predicted octanol–water partition coefficient (Wildman–Crippen LogP) is 0.0608. The van der Waals surface area contributed by atoms with Crippen LogP contribution in [-0.2, 0) is 9.59 Å². The van der Waals surface area contributed by atoms with Crippen LogP contribution in [0.3, 0.4) is 0 Å². The number of hydrogen-bond donors (Lipinski definition) is 1. The van der Waals surface area contributed by atoms with Gasteiger partial charge in [-0.15, -0.1) is 0 Å². The molecule has 0 heterocycles. The number of rotatable bonds is 4. The minimum absolute atomic E-state index is 0.176. The third-order valence-electron chi connectivity index (χ3n) is 1.35.